The molecule has 0 atom stereocenters. The van der Waals surface area contributed by atoms with Gasteiger partial charge in [0.05, 0.1) is 42.1 Å². The molecule has 4 aliphatic rings. The molecule has 146 valence electrons. The second kappa shape index (κ2) is 5.66. The molecule has 1 N–H and O–H groups in total. The van der Waals surface area contributed by atoms with Crippen LogP contribution in [0.1, 0.15) is 30.7 Å². The Labute approximate surface area is 162 Å². The van der Waals surface area contributed by atoms with Gasteiger partial charge in [0, 0.05) is 19.2 Å². The van der Waals surface area contributed by atoms with Crippen LogP contribution in [0, 0.1) is 19.8 Å². The first kappa shape index (κ1) is 16.3. The molecule has 6 heterocycles. The van der Waals surface area contributed by atoms with Gasteiger partial charge in [-0.3, -0.25) is 4.68 Å². The van der Waals surface area contributed by atoms with E-state index in [1.54, 1.807) is 0 Å². The van der Waals surface area contributed by atoms with Crippen LogP contribution in [0.25, 0.3) is 11.0 Å². The van der Waals surface area contributed by atoms with Gasteiger partial charge in [-0.15, -0.1) is 5.10 Å². The Morgan fingerprint density at radius 3 is 3.00 bits per heavy atom. The highest BCUT2D eigenvalue weighted by Crippen LogP contribution is 2.49. The topological polar surface area (TPSA) is 91.9 Å². The van der Waals surface area contributed by atoms with Crippen molar-refractivity contribution in [2.45, 2.75) is 51.8 Å². The summed E-state index contributed by atoms with van der Waals surface area (Å²) in [5.74, 6) is 1.86. The van der Waals surface area contributed by atoms with Gasteiger partial charge < -0.3 is 14.8 Å². The molecule has 0 unspecified atom stereocenters. The Bertz CT molecular complexity index is 1070. The first-order valence-electron chi connectivity index (χ1n) is 9.92. The summed E-state index contributed by atoms with van der Waals surface area (Å²) in [5, 5.41) is 13.7. The van der Waals surface area contributed by atoms with E-state index in [1.165, 1.54) is 0 Å². The summed E-state index contributed by atoms with van der Waals surface area (Å²) in [6.07, 6.45) is 4.93. The van der Waals surface area contributed by atoms with Crippen LogP contribution in [-0.2, 0) is 17.8 Å². The molecule has 0 amide bonds. The Hall–Kier alpha value is -2.68. The zero-order valence-corrected chi connectivity index (χ0v) is 16.1. The first-order valence-corrected chi connectivity index (χ1v) is 9.92. The largest absolute Gasteiger partial charge is 0.475 e. The lowest BCUT2D eigenvalue weighted by atomic mass is 9.74. The summed E-state index contributed by atoms with van der Waals surface area (Å²) in [6.45, 7) is 7.00. The quantitative estimate of drug-likeness (QED) is 0.728. The van der Waals surface area contributed by atoms with Crippen molar-refractivity contribution in [1.29, 1.82) is 0 Å². The standard InChI is InChI=1S/C19H23N7O2/c1-11-14-8-20-18-21-15-12(2)26(10-19-6-13(7-19)9-28-19)24-17(15)27-5-3-4-25(23-11)16(14)22-18/h8,13H,3-7,9-10H2,1-2H3,(H,20,21,22). The van der Waals surface area contributed by atoms with Gasteiger partial charge >= 0.3 is 0 Å². The van der Waals surface area contributed by atoms with E-state index in [9.17, 15) is 0 Å². The van der Waals surface area contributed by atoms with Gasteiger partial charge in [0.1, 0.15) is 5.69 Å². The van der Waals surface area contributed by atoms with Gasteiger partial charge in [-0.05, 0) is 32.6 Å². The molecule has 7 rings (SSSR count). The Balaban J connectivity index is 1.39. The number of nitrogens with zero attached hydrogens (tertiary/aromatic N) is 6. The molecule has 28 heavy (non-hydrogen) atoms. The number of hydrogen-bond acceptors (Lipinski definition) is 7. The van der Waals surface area contributed by atoms with Crippen molar-refractivity contribution < 1.29 is 9.47 Å². The third-order valence-corrected chi connectivity index (χ3v) is 6.22. The third kappa shape index (κ3) is 2.35. The van der Waals surface area contributed by atoms with E-state index in [1.807, 2.05) is 22.5 Å². The van der Waals surface area contributed by atoms with Crippen LogP contribution in [0.5, 0.6) is 5.88 Å². The van der Waals surface area contributed by atoms with Gasteiger partial charge in [0.2, 0.25) is 5.95 Å². The molecule has 2 saturated heterocycles. The molecule has 1 aliphatic carbocycles. The molecule has 9 nitrogen and oxygen atoms in total. The highest BCUT2D eigenvalue weighted by Gasteiger charge is 2.52. The van der Waals surface area contributed by atoms with E-state index in [4.69, 9.17) is 19.6 Å². The number of nitrogens with one attached hydrogen (secondary N) is 1. The fraction of sp³-hybridized carbons (Fsp3) is 0.579. The van der Waals surface area contributed by atoms with Crippen LogP contribution in [0.4, 0.5) is 11.6 Å². The molecule has 0 aromatic carbocycles. The lowest BCUT2D eigenvalue weighted by Crippen LogP contribution is -2.41. The van der Waals surface area contributed by atoms with Crippen LogP contribution >= 0.6 is 0 Å². The lowest BCUT2D eigenvalue weighted by Gasteiger charge is -2.35. The molecule has 4 bridgehead atoms. The summed E-state index contributed by atoms with van der Waals surface area (Å²) in [4.78, 5) is 9.20. The van der Waals surface area contributed by atoms with Gasteiger partial charge in [-0.25, -0.2) is 9.67 Å². The molecular formula is C19H23N7O2. The van der Waals surface area contributed by atoms with Crippen molar-refractivity contribution >= 4 is 22.7 Å². The fourth-order valence-electron chi connectivity index (χ4n) is 4.71. The molecule has 3 aliphatic heterocycles. The number of rotatable bonds is 2. The minimum Gasteiger partial charge on any atom is -0.475 e. The highest BCUT2D eigenvalue weighted by molar-refractivity contribution is 5.79. The lowest BCUT2D eigenvalue weighted by molar-refractivity contribution is -0.0170. The normalized spacial score (nSPS) is 25.7. The molecule has 1 saturated carbocycles. The first-order chi connectivity index (χ1) is 13.6. The van der Waals surface area contributed by atoms with Gasteiger partial charge in [-0.1, -0.05) is 0 Å². The molecule has 3 aromatic heterocycles. The summed E-state index contributed by atoms with van der Waals surface area (Å²) in [7, 11) is 0. The average molecular weight is 381 g/mol. The van der Waals surface area contributed by atoms with Crippen molar-refractivity contribution in [2.24, 2.45) is 5.92 Å². The van der Waals surface area contributed by atoms with E-state index in [0.717, 1.165) is 73.0 Å². The zero-order valence-electron chi connectivity index (χ0n) is 16.1. The van der Waals surface area contributed by atoms with E-state index in [0.29, 0.717) is 18.4 Å². The number of anilines is 2. The van der Waals surface area contributed by atoms with Crippen LogP contribution in [0.15, 0.2) is 6.20 Å². The number of aromatic nitrogens is 6. The van der Waals surface area contributed by atoms with Crippen molar-refractivity contribution in [1.82, 2.24) is 29.5 Å². The van der Waals surface area contributed by atoms with E-state index >= 15 is 0 Å². The maximum absolute atomic E-state index is 6.04. The maximum atomic E-state index is 6.04. The van der Waals surface area contributed by atoms with E-state index < -0.39 is 0 Å². The highest BCUT2D eigenvalue weighted by atomic mass is 16.5. The molecule has 3 aromatic rings. The SMILES string of the molecule is Cc1nn2c3nc(ncc13)Nc1c(nn(CC34CC(CO3)C4)c1C)OCCC2. The Morgan fingerprint density at radius 1 is 1.29 bits per heavy atom. The second-order valence-corrected chi connectivity index (χ2v) is 8.26. The van der Waals surface area contributed by atoms with E-state index in [2.05, 4.69) is 22.3 Å². The Morgan fingerprint density at radius 2 is 2.18 bits per heavy atom. The van der Waals surface area contributed by atoms with E-state index in [-0.39, 0.29) is 5.60 Å². The molecular weight excluding hydrogens is 358 g/mol. The third-order valence-electron chi connectivity index (χ3n) is 6.22. The maximum Gasteiger partial charge on any atom is 0.257 e. The monoisotopic (exact) mass is 381 g/mol. The summed E-state index contributed by atoms with van der Waals surface area (Å²) in [6, 6.07) is 0. The van der Waals surface area contributed by atoms with Gasteiger partial charge in [-0.2, -0.15) is 10.1 Å². The molecule has 3 fully saturated rings. The molecule has 9 heteroatoms. The smallest absolute Gasteiger partial charge is 0.257 e. The predicted octanol–water partition coefficient (Wildman–Crippen LogP) is 2.34. The zero-order chi connectivity index (χ0) is 18.9. The average Bonchev–Trinajstić information content (AvgIpc) is 3.39. The number of ether oxygens (including phenoxy) is 2. The summed E-state index contributed by atoms with van der Waals surface area (Å²) in [5.41, 5.74) is 3.59. The molecule has 0 spiro atoms. The Kier molecular flexibility index (Phi) is 3.30. The predicted molar refractivity (Wildman–Crippen MR) is 102 cm³/mol. The van der Waals surface area contributed by atoms with Crippen molar-refractivity contribution in [3.8, 4) is 5.88 Å². The summed E-state index contributed by atoms with van der Waals surface area (Å²) < 4.78 is 16.0. The van der Waals surface area contributed by atoms with Crippen molar-refractivity contribution in [2.75, 3.05) is 18.5 Å². The van der Waals surface area contributed by atoms with Crippen LogP contribution in [-0.4, -0.2) is 48.3 Å². The van der Waals surface area contributed by atoms with Crippen LogP contribution in [0.3, 0.4) is 0 Å². The fourth-order valence-corrected chi connectivity index (χ4v) is 4.71. The summed E-state index contributed by atoms with van der Waals surface area (Å²) >= 11 is 0. The van der Waals surface area contributed by atoms with Crippen LogP contribution < -0.4 is 10.1 Å². The minimum atomic E-state index is -0.0408. The van der Waals surface area contributed by atoms with Gasteiger partial charge in [0.25, 0.3) is 5.88 Å². The van der Waals surface area contributed by atoms with Gasteiger partial charge in [0.15, 0.2) is 5.65 Å². The second-order valence-electron chi connectivity index (χ2n) is 8.26. The number of fused-ring (bicyclic) bond motifs is 3. The van der Waals surface area contributed by atoms with Crippen LogP contribution in [0.2, 0.25) is 0 Å². The van der Waals surface area contributed by atoms with Crippen molar-refractivity contribution in [3.05, 3.63) is 17.6 Å². The van der Waals surface area contributed by atoms with Crippen molar-refractivity contribution in [3.63, 3.8) is 0 Å². The number of aryl methyl sites for hydroxylation is 2. The molecule has 0 radical (unpaired) electrons. The minimum absolute atomic E-state index is 0.0408. The number of hydrogen-bond donors (Lipinski definition) is 1.